The minimum Gasteiger partial charge on any atom is -0.469 e. The Morgan fingerprint density at radius 1 is 0.915 bits per heavy atom. The third-order valence-corrected chi connectivity index (χ3v) is 10.6. The van der Waals surface area contributed by atoms with Crippen molar-refractivity contribution < 1.29 is 62.6 Å². The summed E-state index contributed by atoms with van der Waals surface area (Å²) in [4.78, 5) is 25.4. The lowest BCUT2D eigenvalue weighted by Gasteiger charge is -2.30. The number of methoxy groups -OCH3 is 1. The molecule has 0 aromatic heterocycles. The van der Waals surface area contributed by atoms with E-state index in [4.69, 9.17) is 4.74 Å². The van der Waals surface area contributed by atoms with Gasteiger partial charge in [-0.25, -0.2) is 21.6 Å². The third-order valence-electron chi connectivity index (χ3n) is 8.79. The summed E-state index contributed by atoms with van der Waals surface area (Å²) in [6, 6.07) is 5.74. The molecule has 5 rings (SSSR count). The first-order chi connectivity index (χ1) is 21.9. The number of fused-ring (bicyclic) bond motifs is 2. The first-order valence-corrected chi connectivity index (χ1v) is 15.4. The lowest BCUT2D eigenvalue weighted by atomic mass is 9.79. The minimum atomic E-state index is -5.27. The fourth-order valence-electron chi connectivity index (χ4n) is 6.46. The van der Waals surface area contributed by atoms with E-state index in [-0.39, 0.29) is 48.0 Å². The molecular weight excluding hydrogens is 666 g/mol. The number of ketones is 1. The van der Waals surface area contributed by atoms with Crippen LogP contribution in [0.5, 0.6) is 5.75 Å². The van der Waals surface area contributed by atoms with E-state index in [2.05, 4.69) is 4.74 Å². The average Bonchev–Trinajstić information content (AvgIpc) is 3.59. The predicted molar refractivity (Wildman–Crippen MR) is 149 cm³/mol. The normalized spacial score (nSPS) is 20.8. The molecule has 0 spiro atoms. The Morgan fingerprint density at radius 3 is 2.17 bits per heavy atom. The van der Waals surface area contributed by atoms with Crippen LogP contribution < -0.4 is 9.04 Å². The van der Waals surface area contributed by atoms with Crippen LogP contribution in [0.1, 0.15) is 37.7 Å². The van der Waals surface area contributed by atoms with Crippen LogP contribution in [0, 0.1) is 28.3 Å². The van der Waals surface area contributed by atoms with Gasteiger partial charge in [0.05, 0.1) is 35.2 Å². The van der Waals surface area contributed by atoms with Gasteiger partial charge in [-0.05, 0) is 85.7 Å². The summed E-state index contributed by atoms with van der Waals surface area (Å²) in [6.45, 7) is -4.56. The number of nitrogens with zero attached hydrogens (tertiary/aromatic N) is 1. The Bertz CT molecular complexity index is 1840. The average molecular weight is 692 g/mol. The van der Waals surface area contributed by atoms with Crippen LogP contribution in [0.25, 0.3) is 11.1 Å². The van der Waals surface area contributed by atoms with Gasteiger partial charge in [0.15, 0.2) is 17.4 Å². The van der Waals surface area contributed by atoms with E-state index in [9.17, 15) is 44.3 Å². The molecule has 2 bridgehead atoms. The number of esters is 1. The van der Waals surface area contributed by atoms with Crippen molar-refractivity contribution in [2.24, 2.45) is 10.8 Å². The highest BCUT2D eigenvalue weighted by molar-refractivity contribution is 7.92. The molecule has 3 aromatic rings. The van der Waals surface area contributed by atoms with Crippen LogP contribution in [0.4, 0.5) is 40.8 Å². The molecule has 2 aliphatic carbocycles. The van der Waals surface area contributed by atoms with Crippen LogP contribution in [0.2, 0.25) is 0 Å². The number of ether oxygens (including phenoxy) is 2. The smallest absolute Gasteiger partial charge is 0.416 e. The summed E-state index contributed by atoms with van der Waals surface area (Å²) < 4.78 is 148. The van der Waals surface area contributed by atoms with Gasteiger partial charge in [-0.3, -0.25) is 13.9 Å². The second kappa shape index (κ2) is 12.1. The van der Waals surface area contributed by atoms with Gasteiger partial charge in [0.25, 0.3) is 10.0 Å². The monoisotopic (exact) mass is 691 g/mol. The molecule has 0 unspecified atom stereocenters. The van der Waals surface area contributed by atoms with E-state index in [1.165, 1.54) is 7.11 Å². The highest BCUT2D eigenvalue weighted by Crippen LogP contribution is 2.62. The molecule has 2 fully saturated rings. The number of carbonyl (C=O) groups excluding carboxylic acids is 2. The van der Waals surface area contributed by atoms with Gasteiger partial charge in [-0.15, -0.1) is 0 Å². The van der Waals surface area contributed by atoms with Gasteiger partial charge in [-0.1, -0.05) is 6.07 Å². The zero-order chi connectivity index (χ0) is 34.5. The van der Waals surface area contributed by atoms with Crippen molar-refractivity contribution in [3.63, 3.8) is 0 Å². The van der Waals surface area contributed by atoms with Crippen LogP contribution in [0.15, 0.2) is 59.5 Å². The summed E-state index contributed by atoms with van der Waals surface area (Å²) in [5.74, 6) is -6.75. The minimum absolute atomic E-state index is 0.0178. The van der Waals surface area contributed by atoms with Crippen LogP contribution in [0.3, 0.4) is 0 Å². The van der Waals surface area contributed by atoms with Crippen molar-refractivity contribution in [2.45, 2.75) is 49.8 Å². The summed E-state index contributed by atoms with van der Waals surface area (Å²) >= 11 is 0. The number of hydrogen-bond donors (Lipinski definition) is 0. The number of benzene rings is 3. The van der Waals surface area contributed by atoms with Gasteiger partial charge in [-0.2, -0.15) is 22.0 Å². The lowest BCUT2D eigenvalue weighted by Crippen LogP contribution is -2.42. The van der Waals surface area contributed by atoms with E-state index >= 15 is 8.78 Å². The van der Waals surface area contributed by atoms with Gasteiger partial charge >= 0.3 is 18.8 Å². The standard InChI is InChI=1S/C31H25F8NO6S/c1-45-27(42)30-7-5-29(16-30,6-8-30)25(41)15-40(47(43,44)22-4-2-3-19(13-22)31(37,38)39)24-12-18(11-23(33)26(24)34)17-9-20(32)14-21(10-17)46-28(35)36/h2-4,9-14,28H,5-8,15-16H2,1H3. The molecule has 2 aliphatic rings. The molecule has 0 amide bonds. The maximum atomic E-state index is 15.6. The third kappa shape index (κ3) is 6.39. The molecule has 47 heavy (non-hydrogen) atoms. The van der Waals surface area contributed by atoms with Crippen molar-refractivity contribution >= 4 is 27.5 Å². The Morgan fingerprint density at radius 2 is 1.55 bits per heavy atom. The highest BCUT2D eigenvalue weighted by Gasteiger charge is 2.61. The maximum absolute atomic E-state index is 15.6. The Balaban J connectivity index is 1.65. The van der Waals surface area contributed by atoms with Gasteiger partial charge in [0, 0.05) is 11.5 Å². The second-order valence-electron chi connectivity index (χ2n) is 11.5. The van der Waals surface area contributed by atoms with Crippen LogP contribution in [-0.2, 0) is 30.5 Å². The summed E-state index contributed by atoms with van der Waals surface area (Å²) in [5.41, 5.74) is -5.60. The second-order valence-corrected chi connectivity index (χ2v) is 13.4. The number of carbonyl (C=O) groups is 2. The molecule has 0 radical (unpaired) electrons. The topological polar surface area (TPSA) is 90.0 Å². The zero-order valence-corrected chi connectivity index (χ0v) is 25.2. The molecule has 2 saturated carbocycles. The molecule has 7 nitrogen and oxygen atoms in total. The van der Waals surface area contributed by atoms with Crippen molar-refractivity contribution in [1.29, 1.82) is 0 Å². The number of hydrogen-bond acceptors (Lipinski definition) is 6. The lowest BCUT2D eigenvalue weighted by molar-refractivity contribution is -0.152. The molecule has 16 heteroatoms. The quantitative estimate of drug-likeness (QED) is 0.164. The Labute approximate surface area is 263 Å². The number of halogens is 8. The summed E-state index contributed by atoms with van der Waals surface area (Å²) in [6.07, 6.45) is -4.30. The number of anilines is 1. The predicted octanol–water partition coefficient (Wildman–Crippen LogP) is 7.28. The van der Waals surface area contributed by atoms with E-state index < -0.39 is 96.8 Å². The zero-order valence-electron chi connectivity index (χ0n) is 24.3. The van der Waals surface area contributed by atoms with Gasteiger partial charge in [0.2, 0.25) is 0 Å². The van der Waals surface area contributed by atoms with Crippen molar-refractivity contribution in [2.75, 3.05) is 18.0 Å². The highest BCUT2D eigenvalue weighted by atomic mass is 32.2. The molecular formula is C31H25F8NO6S. The number of Topliss-reactive ketones (excluding diaryl/α,β-unsaturated/α-hetero) is 1. The number of alkyl halides is 5. The molecule has 0 atom stereocenters. The molecule has 0 N–H and O–H groups in total. The van der Waals surface area contributed by atoms with E-state index in [1.807, 2.05) is 0 Å². The number of rotatable bonds is 10. The summed E-state index contributed by atoms with van der Waals surface area (Å²) in [5, 5.41) is 0. The molecule has 3 aromatic carbocycles. The van der Waals surface area contributed by atoms with Crippen LogP contribution >= 0.6 is 0 Å². The van der Waals surface area contributed by atoms with Crippen molar-refractivity contribution in [1.82, 2.24) is 0 Å². The first-order valence-electron chi connectivity index (χ1n) is 14.0. The summed E-state index contributed by atoms with van der Waals surface area (Å²) in [7, 11) is -4.10. The first kappa shape index (κ1) is 34.1. The largest absolute Gasteiger partial charge is 0.469 e. The van der Waals surface area contributed by atoms with Crippen molar-refractivity contribution in [3.8, 4) is 16.9 Å². The number of sulfonamides is 1. The van der Waals surface area contributed by atoms with Gasteiger partial charge < -0.3 is 9.47 Å². The molecule has 0 heterocycles. The maximum Gasteiger partial charge on any atom is 0.416 e. The molecule has 252 valence electrons. The Kier molecular flexibility index (Phi) is 8.79. The Hall–Kier alpha value is -4.21. The molecule has 0 saturated heterocycles. The fraction of sp³-hybridized carbons (Fsp3) is 0.355. The van der Waals surface area contributed by atoms with Crippen molar-refractivity contribution in [3.05, 3.63) is 77.6 Å². The van der Waals surface area contributed by atoms with Gasteiger partial charge in [0.1, 0.15) is 11.6 Å². The van der Waals surface area contributed by atoms with E-state index in [1.54, 1.807) is 0 Å². The van der Waals surface area contributed by atoms with E-state index in [0.29, 0.717) is 24.3 Å². The van der Waals surface area contributed by atoms with E-state index in [0.717, 1.165) is 24.3 Å². The SMILES string of the molecule is COC(=O)C12CCC(C(=O)CN(c3cc(-c4cc(F)cc(OC(F)F)c4)cc(F)c3F)S(=O)(=O)c3cccc(C(F)(F)F)c3)(CC1)C2. The fourth-order valence-corrected chi connectivity index (χ4v) is 7.92. The van der Waals surface area contributed by atoms with Crippen LogP contribution in [-0.4, -0.2) is 40.4 Å². The molecule has 0 aliphatic heterocycles.